The zero-order chi connectivity index (χ0) is 15.6. The molecule has 0 amide bonds. The fourth-order valence-corrected chi connectivity index (χ4v) is 2.32. The monoisotopic (exact) mass is 293 g/mol. The van der Waals surface area contributed by atoms with Crippen LogP contribution in [0, 0.1) is 29.8 Å². The molecule has 1 aromatic carbocycles. The van der Waals surface area contributed by atoms with Gasteiger partial charge in [-0.3, -0.25) is 10.1 Å². The highest BCUT2D eigenvalue weighted by Crippen LogP contribution is 2.23. The van der Waals surface area contributed by atoms with E-state index in [-0.39, 0.29) is 18.2 Å². The summed E-state index contributed by atoms with van der Waals surface area (Å²) in [6.07, 6.45) is 0. The van der Waals surface area contributed by atoms with Crippen molar-refractivity contribution in [1.82, 2.24) is 10.5 Å². The van der Waals surface area contributed by atoms with Crippen LogP contribution in [0.5, 0.6) is 0 Å². The second-order valence-corrected chi connectivity index (χ2v) is 4.85. The predicted octanol–water partition coefficient (Wildman–Crippen LogP) is 3.19. The Balaban J connectivity index is 2.14. The van der Waals surface area contributed by atoms with E-state index in [0.717, 1.165) is 17.3 Å². The average molecular weight is 293 g/mol. The zero-order valence-electron chi connectivity index (χ0n) is 12.0. The Morgan fingerprint density at radius 3 is 2.76 bits per heavy atom. The smallest absolute Gasteiger partial charge is 0.305 e. The third-order valence-corrected chi connectivity index (χ3v) is 3.38. The van der Waals surface area contributed by atoms with E-state index in [1.165, 1.54) is 12.1 Å². The summed E-state index contributed by atoms with van der Waals surface area (Å²) in [6, 6.07) is 4.04. The van der Waals surface area contributed by atoms with Crippen molar-refractivity contribution in [3.05, 3.63) is 56.7 Å². The second kappa shape index (κ2) is 6.01. The number of nitrogens with one attached hydrogen (secondary N) is 1. The zero-order valence-corrected chi connectivity index (χ0v) is 12.0. The van der Waals surface area contributed by atoms with E-state index in [1.54, 1.807) is 0 Å². The molecule has 2 aromatic rings. The number of aromatic nitrogens is 1. The Hall–Kier alpha value is -2.28. The summed E-state index contributed by atoms with van der Waals surface area (Å²) in [4.78, 5) is 9.99. The Morgan fingerprint density at radius 2 is 2.19 bits per heavy atom. The third kappa shape index (κ3) is 3.08. The van der Waals surface area contributed by atoms with Gasteiger partial charge in [-0.05, 0) is 20.8 Å². The summed E-state index contributed by atoms with van der Waals surface area (Å²) in [6.45, 7) is 5.72. The van der Waals surface area contributed by atoms with Gasteiger partial charge in [0, 0.05) is 29.8 Å². The maximum absolute atomic E-state index is 14.0. The molecule has 0 aliphatic carbocycles. The summed E-state index contributed by atoms with van der Waals surface area (Å²) < 4.78 is 19.1. The molecule has 1 atom stereocenters. The molecule has 112 valence electrons. The van der Waals surface area contributed by atoms with Crippen LogP contribution in [0.3, 0.4) is 0 Å². The van der Waals surface area contributed by atoms with Gasteiger partial charge < -0.3 is 9.84 Å². The number of hydrogen-bond donors (Lipinski definition) is 1. The first kappa shape index (κ1) is 15.1. The quantitative estimate of drug-likeness (QED) is 0.676. The lowest BCUT2D eigenvalue weighted by Crippen LogP contribution is -2.20. The highest BCUT2D eigenvalue weighted by Gasteiger charge is 2.19. The van der Waals surface area contributed by atoms with Crippen molar-refractivity contribution >= 4 is 5.69 Å². The molecule has 1 aromatic heterocycles. The largest absolute Gasteiger partial charge is 0.361 e. The minimum absolute atomic E-state index is 0.102. The second-order valence-electron chi connectivity index (χ2n) is 4.85. The third-order valence-electron chi connectivity index (χ3n) is 3.38. The minimum atomic E-state index is -0.805. The molecule has 0 radical (unpaired) electrons. The molecule has 1 unspecified atom stereocenters. The van der Waals surface area contributed by atoms with Gasteiger partial charge in [0.15, 0.2) is 0 Å². The molecule has 0 saturated carbocycles. The molecule has 2 rings (SSSR count). The van der Waals surface area contributed by atoms with E-state index in [9.17, 15) is 14.5 Å². The molecule has 1 heterocycles. The van der Waals surface area contributed by atoms with Crippen molar-refractivity contribution in [3.63, 3.8) is 0 Å². The van der Waals surface area contributed by atoms with E-state index in [2.05, 4.69) is 10.5 Å². The van der Waals surface area contributed by atoms with E-state index in [4.69, 9.17) is 4.52 Å². The highest BCUT2D eigenvalue weighted by molar-refractivity contribution is 5.36. The summed E-state index contributed by atoms with van der Waals surface area (Å²) in [5, 5.41) is 17.7. The van der Waals surface area contributed by atoms with Crippen LogP contribution < -0.4 is 5.32 Å². The Bertz CT molecular complexity index is 650. The first-order valence-electron chi connectivity index (χ1n) is 6.49. The summed E-state index contributed by atoms with van der Waals surface area (Å²) >= 11 is 0. The van der Waals surface area contributed by atoms with Gasteiger partial charge in [-0.25, -0.2) is 0 Å². The number of nitro groups is 1. The molecule has 0 fully saturated rings. The van der Waals surface area contributed by atoms with Crippen LogP contribution in [0.4, 0.5) is 10.1 Å². The molecule has 0 spiro atoms. The normalized spacial score (nSPS) is 12.4. The first-order valence-corrected chi connectivity index (χ1v) is 6.49. The molecule has 0 aliphatic rings. The first-order chi connectivity index (χ1) is 9.91. The standard InChI is InChI=1S/C14H16FN3O3/c1-8(13-9(2)17-21-10(13)3)16-7-11-5-4-6-12(14(11)15)18(19)20/h4-6,8,16H,7H2,1-3H3. The van der Waals surface area contributed by atoms with Gasteiger partial charge >= 0.3 is 5.69 Å². The summed E-state index contributed by atoms with van der Waals surface area (Å²) in [5.41, 5.74) is 1.43. The number of aryl methyl sites for hydroxylation is 2. The van der Waals surface area contributed by atoms with Gasteiger partial charge in [-0.2, -0.15) is 4.39 Å². The maximum Gasteiger partial charge on any atom is 0.305 e. The molecule has 1 N–H and O–H groups in total. The van der Waals surface area contributed by atoms with Crippen LogP contribution in [-0.4, -0.2) is 10.1 Å². The number of nitro benzene ring substituents is 1. The van der Waals surface area contributed by atoms with Crippen LogP contribution >= 0.6 is 0 Å². The van der Waals surface area contributed by atoms with Crippen LogP contribution in [-0.2, 0) is 6.54 Å². The van der Waals surface area contributed by atoms with Crippen molar-refractivity contribution in [2.45, 2.75) is 33.4 Å². The molecule has 0 saturated heterocycles. The van der Waals surface area contributed by atoms with Gasteiger partial charge in [0.1, 0.15) is 5.76 Å². The van der Waals surface area contributed by atoms with Crippen molar-refractivity contribution < 1.29 is 13.8 Å². The lowest BCUT2D eigenvalue weighted by Gasteiger charge is -2.14. The number of halogens is 1. The molecule has 0 bridgehead atoms. The Morgan fingerprint density at radius 1 is 1.48 bits per heavy atom. The lowest BCUT2D eigenvalue weighted by atomic mass is 10.1. The van der Waals surface area contributed by atoms with Crippen LogP contribution in [0.2, 0.25) is 0 Å². The van der Waals surface area contributed by atoms with Crippen LogP contribution in [0.25, 0.3) is 0 Å². The van der Waals surface area contributed by atoms with Crippen molar-refractivity contribution in [3.8, 4) is 0 Å². The predicted molar refractivity (Wildman–Crippen MR) is 74.3 cm³/mol. The molecular formula is C14H16FN3O3. The SMILES string of the molecule is Cc1noc(C)c1C(C)NCc1cccc([N+](=O)[O-])c1F. The summed E-state index contributed by atoms with van der Waals surface area (Å²) in [5.74, 6) is -0.104. The fraction of sp³-hybridized carbons (Fsp3) is 0.357. The van der Waals surface area contributed by atoms with E-state index >= 15 is 0 Å². The van der Waals surface area contributed by atoms with Crippen molar-refractivity contribution in [2.75, 3.05) is 0 Å². The van der Waals surface area contributed by atoms with E-state index in [0.29, 0.717) is 5.76 Å². The number of nitrogens with zero attached hydrogens (tertiary/aromatic N) is 2. The number of hydrogen-bond acceptors (Lipinski definition) is 5. The summed E-state index contributed by atoms with van der Waals surface area (Å²) in [7, 11) is 0. The fourth-order valence-electron chi connectivity index (χ4n) is 2.32. The van der Waals surface area contributed by atoms with Crippen LogP contribution in [0.15, 0.2) is 22.7 Å². The Labute approximate surface area is 121 Å². The number of rotatable bonds is 5. The van der Waals surface area contributed by atoms with Gasteiger partial charge in [0.2, 0.25) is 5.82 Å². The van der Waals surface area contributed by atoms with E-state index < -0.39 is 16.4 Å². The minimum Gasteiger partial charge on any atom is -0.361 e. The molecule has 21 heavy (non-hydrogen) atoms. The van der Waals surface area contributed by atoms with E-state index in [1.807, 2.05) is 20.8 Å². The molecular weight excluding hydrogens is 277 g/mol. The highest BCUT2D eigenvalue weighted by atomic mass is 19.1. The topological polar surface area (TPSA) is 81.2 Å². The lowest BCUT2D eigenvalue weighted by molar-refractivity contribution is -0.387. The van der Waals surface area contributed by atoms with Gasteiger partial charge in [-0.1, -0.05) is 17.3 Å². The number of benzene rings is 1. The average Bonchev–Trinajstić information content (AvgIpc) is 2.76. The van der Waals surface area contributed by atoms with Crippen molar-refractivity contribution in [1.29, 1.82) is 0 Å². The van der Waals surface area contributed by atoms with Gasteiger partial charge in [-0.15, -0.1) is 0 Å². The van der Waals surface area contributed by atoms with Crippen LogP contribution in [0.1, 0.15) is 35.5 Å². The van der Waals surface area contributed by atoms with Crippen molar-refractivity contribution in [2.24, 2.45) is 0 Å². The van der Waals surface area contributed by atoms with Gasteiger partial charge in [0.25, 0.3) is 0 Å². The maximum atomic E-state index is 14.0. The Kier molecular flexibility index (Phi) is 4.32. The molecule has 6 nitrogen and oxygen atoms in total. The molecule has 7 heteroatoms. The van der Waals surface area contributed by atoms with Gasteiger partial charge in [0.05, 0.1) is 10.6 Å². The molecule has 0 aliphatic heterocycles.